The van der Waals surface area contributed by atoms with E-state index < -0.39 is 21.1 Å². The zero-order chi connectivity index (χ0) is 14.0. The lowest BCUT2D eigenvalue weighted by molar-refractivity contribution is 0.0740. The van der Waals surface area contributed by atoms with E-state index in [0.717, 1.165) is 6.26 Å². The number of aromatic hydroxyl groups is 1. The maximum Gasteiger partial charge on any atom is 0.277 e. The molecule has 0 saturated carbocycles. The largest absolute Gasteiger partial charge is 0.505 e. The Morgan fingerprint density at radius 3 is 2.95 bits per heavy atom. The lowest BCUT2D eigenvalue weighted by Gasteiger charge is -2.33. The molecule has 0 bridgehead atoms. The van der Waals surface area contributed by atoms with E-state index in [2.05, 4.69) is 4.98 Å². The Morgan fingerprint density at radius 2 is 2.32 bits per heavy atom. The summed E-state index contributed by atoms with van der Waals surface area (Å²) in [6.45, 7) is 0.331. The third kappa shape index (κ3) is 3.01. The maximum absolute atomic E-state index is 12.3. The fourth-order valence-electron chi connectivity index (χ4n) is 1.87. The van der Waals surface area contributed by atoms with Crippen LogP contribution in [0, 0.1) is 0 Å². The summed E-state index contributed by atoms with van der Waals surface area (Å²) < 4.78 is 23.5. The third-order valence-electron chi connectivity index (χ3n) is 2.83. The van der Waals surface area contributed by atoms with Gasteiger partial charge < -0.3 is 10.0 Å². The van der Waals surface area contributed by atoms with Gasteiger partial charge in [-0.2, -0.15) is 11.8 Å². The van der Waals surface area contributed by atoms with Crippen molar-refractivity contribution in [1.82, 2.24) is 9.88 Å². The van der Waals surface area contributed by atoms with Gasteiger partial charge in [0.15, 0.2) is 15.5 Å². The SMILES string of the molecule is CS(=O)(=O)C1CSCCN1C(=O)c1ncccc1O. The minimum atomic E-state index is -3.37. The molecule has 104 valence electrons. The van der Waals surface area contributed by atoms with Crippen LogP contribution in [0.1, 0.15) is 10.5 Å². The number of thioether (sulfide) groups is 1. The minimum Gasteiger partial charge on any atom is -0.505 e. The second-order valence-electron chi connectivity index (χ2n) is 4.23. The van der Waals surface area contributed by atoms with Crippen molar-refractivity contribution in [2.75, 3.05) is 24.3 Å². The summed E-state index contributed by atoms with van der Waals surface area (Å²) >= 11 is 1.49. The van der Waals surface area contributed by atoms with E-state index in [0.29, 0.717) is 18.1 Å². The maximum atomic E-state index is 12.3. The summed E-state index contributed by atoms with van der Waals surface area (Å²) in [5.41, 5.74) is -0.108. The van der Waals surface area contributed by atoms with Crippen LogP contribution in [0.25, 0.3) is 0 Å². The number of hydrogen-bond acceptors (Lipinski definition) is 6. The molecule has 0 radical (unpaired) electrons. The van der Waals surface area contributed by atoms with E-state index in [-0.39, 0.29) is 11.4 Å². The fourth-order valence-corrected chi connectivity index (χ4v) is 4.68. The average Bonchev–Trinajstić information content (AvgIpc) is 2.37. The van der Waals surface area contributed by atoms with E-state index in [1.807, 2.05) is 0 Å². The first-order valence-electron chi connectivity index (χ1n) is 5.63. The van der Waals surface area contributed by atoms with Crippen LogP contribution in [0.5, 0.6) is 5.75 Å². The molecule has 19 heavy (non-hydrogen) atoms. The van der Waals surface area contributed by atoms with Crippen molar-refractivity contribution in [1.29, 1.82) is 0 Å². The molecule has 1 aromatic heterocycles. The Labute approximate surface area is 115 Å². The molecule has 0 aromatic carbocycles. The first-order valence-corrected chi connectivity index (χ1v) is 8.74. The van der Waals surface area contributed by atoms with E-state index in [9.17, 15) is 18.3 Å². The molecule has 8 heteroatoms. The van der Waals surface area contributed by atoms with E-state index in [1.54, 1.807) is 0 Å². The molecule has 1 aliphatic heterocycles. The predicted molar refractivity (Wildman–Crippen MR) is 72.9 cm³/mol. The van der Waals surface area contributed by atoms with Gasteiger partial charge in [-0.05, 0) is 12.1 Å². The molecule has 1 unspecified atom stereocenters. The predicted octanol–water partition coefficient (Wildman–Crippen LogP) is 0.347. The van der Waals surface area contributed by atoms with Gasteiger partial charge >= 0.3 is 0 Å². The Balaban J connectivity index is 2.34. The van der Waals surface area contributed by atoms with Crippen LogP contribution >= 0.6 is 11.8 Å². The normalized spacial score (nSPS) is 20.3. The van der Waals surface area contributed by atoms with Crippen LogP contribution in [-0.2, 0) is 9.84 Å². The van der Waals surface area contributed by atoms with Crippen LogP contribution in [0.3, 0.4) is 0 Å². The second-order valence-corrected chi connectivity index (χ2v) is 7.58. The lowest BCUT2D eigenvalue weighted by Crippen LogP contribution is -2.50. The van der Waals surface area contributed by atoms with Gasteiger partial charge in [-0.1, -0.05) is 0 Å². The van der Waals surface area contributed by atoms with E-state index in [4.69, 9.17) is 0 Å². The van der Waals surface area contributed by atoms with Gasteiger partial charge in [0, 0.05) is 30.5 Å². The van der Waals surface area contributed by atoms with Crippen LogP contribution in [0.15, 0.2) is 18.3 Å². The Morgan fingerprint density at radius 1 is 1.58 bits per heavy atom. The van der Waals surface area contributed by atoms with Gasteiger partial charge in [0.25, 0.3) is 5.91 Å². The van der Waals surface area contributed by atoms with Crippen LogP contribution in [-0.4, -0.2) is 59.0 Å². The Kier molecular flexibility index (Phi) is 4.00. The summed E-state index contributed by atoms with van der Waals surface area (Å²) in [6, 6.07) is 2.86. The molecule has 0 spiro atoms. The van der Waals surface area contributed by atoms with Crippen molar-refractivity contribution in [3.8, 4) is 5.75 Å². The van der Waals surface area contributed by atoms with Gasteiger partial charge in [0.2, 0.25) is 0 Å². The number of carbonyl (C=O) groups is 1. The number of hydrogen-bond donors (Lipinski definition) is 1. The highest BCUT2D eigenvalue weighted by Gasteiger charge is 2.35. The highest BCUT2D eigenvalue weighted by Crippen LogP contribution is 2.24. The van der Waals surface area contributed by atoms with Crippen molar-refractivity contribution in [3.05, 3.63) is 24.0 Å². The smallest absolute Gasteiger partial charge is 0.277 e. The molecule has 1 atom stereocenters. The summed E-state index contributed by atoms with van der Waals surface area (Å²) in [4.78, 5) is 17.4. The number of pyridine rings is 1. The molecule has 2 heterocycles. The molecule has 1 fully saturated rings. The van der Waals surface area contributed by atoms with Crippen molar-refractivity contribution >= 4 is 27.5 Å². The lowest BCUT2D eigenvalue weighted by atomic mass is 10.3. The summed E-state index contributed by atoms with van der Waals surface area (Å²) in [5, 5.41) is 8.78. The number of carbonyl (C=O) groups excluding carboxylic acids is 1. The minimum absolute atomic E-state index is 0.108. The highest BCUT2D eigenvalue weighted by molar-refractivity contribution is 8.00. The van der Waals surface area contributed by atoms with Gasteiger partial charge in [-0.3, -0.25) is 4.79 Å². The quantitative estimate of drug-likeness (QED) is 0.848. The molecule has 2 rings (SSSR count). The molecule has 0 aliphatic carbocycles. The van der Waals surface area contributed by atoms with Gasteiger partial charge in [0.1, 0.15) is 11.1 Å². The van der Waals surface area contributed by atoms with Gasteiger partial charge in [0.05, 0.1) is 0 Å². The summed E-state index contributed by atoms with van der Waals surface area (Å²) in [5.74, 6) is 0.232. The molecule has 1 aromatic rings. The van der Waals surface area contributed by atoms with Crippen LogP contribution < -0.4 is 0 Å². The molecule has 1 amide bonds. The van der Waals surface area contributed by atoms with E-state index >= 15 is 0 Å². The molecule has 6 nitrogen and oxygen atoms in total. The first kappa shape index (κ1) is 14.1. The number of rotatable bonds is 2. The zero-order valence-electron chi connectivity index (χ0n) is 10.3. The van der Waals surface area contributed by atoms with Gasteiger partial charge in [-0.15, -0.1) is 0 Å². The van der Waals surface area contributed by atoms with Crippen molar-refractivity contribution in [3.63, 3.8) is 0 Å². The Bertz CT molecular complexity index is 588. The molecular formula is C11H14N2O4S2. The topological polar surface area (TPSA) is 87.6 Å². The summed E-state index contributed by atoms with van der Waals surface area (Å²) in [6.07, 6.45) is 2.50. The first-order chi connectivity index (χ1) is 8.91. The highest BCUT2D eigenvalue weighted by atomic mass is 32.2. The Hall–Kier alpha value is -1.28. The summed E-state index contributed by atoms with van der Waals surface area (Å²) in [7, 11) is -3.37. The number of nitrogens with zero attached hydrogens (tertiary/aromatic N) is 2. The molecule has 1 saturated heterocycles. The van der Waals surface area contributed by atoms with Crippen molar-refractivity contribution in [2.45, 2.75) is 5.37 Å². The zero-order valence-corrected chi connectivity index (χ0v) is 11.9. The molecule has 1 N–H and O–H groups in total. The standard InChI is InChI=1S/C11H14N2O4S2/c1-19(16,17)9-7-18-6-5-13(9)11(15)10-8(14)3-2-4-12-10/h2-4,9,14H,5-7H2,1H3. The fraction of sp³-hybridized carbons (Fsp3) is 0.455. The average molecular weight is 302 g/mol. The number of aromatic nitrogens is 1. The third-order valence-corrected chi connectivity index (χ3v) is 5.47. The monoisotopic (exact) mass is 302 g/mol. The second kappa shape index (κ2) is 5.38. The van der Waals surface area contributed by atoms with Gasteiger partial charge in [-0.25, -0.2) is 13.4 Å². The molecular weight excluding hydrogens is 288 g/mol. The van der Waals surface area contributed by atoms with Crippen molar-refractivity contribution < 1.29 is 18.3 Å². The number of amides is 1. The van der Waals surface area contributed by atoms with Crippen molar-refractivity contribution in [2.24, 2.45) is 0 Å². The molecule has 1 aliphatic rings. The van der Waals surface area contributed by atoms with Crippen LogP contribution in [0.4, 0.5) is 0 Å². The van der Waals surface area contributed by atoms with E-state index in [1.165, 1.54) is 35.0 Å². The number of sulfone groups is 1. The van der Waals surface area contributed by atoms with Crippen LogP contribution in [0.2, 0.25) is 0 Å².